The van der Waals surface area contributed by atoms with E-state index in [0.29, 0.717) is 33.6 Å². The van der Waals surface area contributed by atoms with Crippen molar-refractivity contribution in [3.8, 4) is 23.0 Å². The van der Waals surface area contributed by atoms with Crippen LogP contribution < -0.4 is 24.4 Å². The number of ether oxygens (including phenoxy) is 4. The number of carbonyl (C=O) groups excluding carboxylic acids is 1. The first-order valence-corrected chi connectivity index (χ1v) is 9.48. The molecule has 1 amide bonds. The minimum absolute atomic E-state index is 0.00319. The summed E-state index contributed by atoms with van der Waals surface area (Å²) in [7, 11) is 3.07. The number of benzene rings is 2. The lowest BCUT2D eigenvalue weighted by Crippen LogP contribution is -2.24. The van der Waals surface area contributed by atoms with Gasteiger partial charge in [0, 0.05) is 0 Å². The first kappa shape index (κ1) is 22.4. The van der Waals surface area contributed by atoms with Crippen LogP contribution in [0.4, 0.5) is 0 Å². The zero-order chi connectivity index (χ0) is 21.2. The average molecular weight is 421 g/mol. The Bertz CT molecular complexity index is 857. The summed E-state index contributed by atoms with van der Waals surface area (Å²) in [5, 5.41) is 4.33. The number of para-hydroxylation sites is 2. The van der Waals surface area contributed by atoms with Gasteiger partial charge in [-0.15, -0.1) is 0 Å². The molecule has 8 heteroatoms. The van der Waals surface area contributed by atoms with E-state index in [-0.39, 0.29) is 12.7 Å². The van der Waals surface area contributed by atoms with Crippen LogP contribution in [0.2, 0.25) is 5.02 Å². The second-order valence-electron chi connectivity index (χ2n) is 6.10. The van der Waals surface area contributed by atoms with Crippen molar-refractivity contribution in [3.63, 3.8) is 0 Å². The molecule has 0 fully saturated rings. The van der Waals surface area contributed by atoms with Gasteiger partial charge in [-0.3, -0.25) is 4.79 Å². The fourth-order valence-corrected chi connectivity index (χ4v) is 2.57. The lowest BCUT2D eigenvalue weighted by molar-refractivity contribution is -0.123. The molecule has 0 spiro atoms. The van der Waals surface area contributed by atoms with Crippen LogP contribution in [0.5, 0.6) is 23.0 Å². The number of halogens is 1. The summed E-state index contributed by atoms with van der Waals surface area (Å²) in [6.07, 6.45) is 2.30. The third kappa shape index (κ3) is 6.57. The molecule has 2 rings (SSSR count). The number of hydrogen-bond acceptors (Lipinski definition) is 6. The van der Waals surface area contributed by atoms with Crippen LogP contribution in [0.1, 0.15) is 25.8 Å². The molecule has 0 unspecified atom stereocenters. The van der Waals surface area contributed by atoms with Crippen molar-refractivity contribution in [1.29, 1.82) is 0 Å². The lowest BCUT2D eigenvalue weighted by atomic mass is 10.2. The maximum atomic E-state index is 11.9. The van der Waals surface area contributed by atoms with Crippen molar-refractivity contribution in [2.45, 2.75) is 26.4 Å². The SMILES string of the molecule is CC[C@@H](C)Oc1c(Cl)cc(/C=N/NC(=O)COc2ccccc2OC)cc1OC. The normalized spacial score (nSPS) is 11.8. The molecular weight excluding hydrogens is 396 g/mol. The lowest BCUT2D eigenvalue weighted by Gasteiger charge is -2.17. The first-order valence-electron chi connectivity index (χ1n) is 9.10. The third-order valence-electron chi connectivity index (χ3n) is 3.98. The van der Waals surface area contributed by atoms with E-state index >= 15 is 0 Å². The Hall–Kier alpha value is -2.93. The maximum absolute atomic E-state index is 11.9. The summed E-state index contributed by atoms with van der Waals surface area (Å²) in [5.74, 6) is 1.58. The molecular formula is C21H25ClN2O5. The molecule has 0 saturated carbocycles. The highest BCUT2D eigenvalue weighted by Gasteiger charge is 2.14. The molecule has 0 aliphatic heterocycles. The van der Waals surface area contributed by atoms with Crippen molar-refractivity contribution in [1.82, 2.24) is 5.43 Å². The Balaban J connectivity index is 1.97. The highest BCUT2D eigenvalue weighted by molar-refractivity contribution is 6.32. The van der Waals surface area contributed by atoms with Crippen LogP contribution in [-0.2, 0) is 4.79 Å². The molecule has 0 aromatic heterocycles. The minimum Gasteiger partial charge on any atom is -0.493 e. The van der Waals surface area contributed by atoms with E-state index in [1.807, 2.05) is 19.9 Å². The van der Waals surface area contributed by atoms with Crippen LogP contribution in [0.15, 0.2) is 41.5 Å². The van der Waals surface area contributed by atoms with Crippen molar-refractivity contribution >= 4 is 23.7 Å². The van der Waals surface area contributed by atoms with Crippen molar-refractivity contribution in [2.75, 3.05) is 20.8 Å². The summed E-state index contributed by atoms with van der Waals surface area (Å²) in [6.45, 7) is 3.77. The number of amides is 1. The summed E-state index contributed by atoms with van der Waals surface area (Å²) in [5.41, 5.74) is 3.05. The largest absolute Gasteiger partial charge is 0.493 e. The molecule has 0 radical (unpaired) electrons. The highest BCUT2D eigenvalue weighted by atomic mass is 35.5. The Morgan fingerprint density at radius 3 is 2.52 bits per heavy atom. The number of methoxy groups -OCH3 is 2. The molecule has 2 aromatic carbocycles. The summed E-state index contributed by atoms with van der Waals surface area (Å²) in [4.78, 5) is 11.9. The smallest absolute Gasteiger partial charge is 0.277 e. The molecule has 0 aliphatic carbocycles. The van der Waals surface area contributed by atoms with Crippen LogP contribution in [0, 0.1) is 0 Å². The number of rotatable bonds is 10. The standard InChI is InChI=1S/C21H25ClN2O5/c1-5-14(2)29-21-16(22)10-15(11-19(21)27-4)12-23-24-20(25)13-28-18-9-7-6-8-17(18)26-3/h6-12,14H,5,13H2,1-4H3,(H,24,25)/b23-12+/t14-/m1/s1. The predicted octanol–water partition coefficient (Wildman–Crippen LogP) is 4.06. The van der Waals surface area contributed by atoms with E-state index in [2.05, 4.69) is 10.5 Å². The minimum atomic E-state index is -0.415. The zero-order valence-electron chi connectivity index (χ0n) is 16.9. The molecule has 7 nitrogen and oxygen atoms in total. The van der Waals surface area contributed by atoms with Crippen LogP contribution in [0.25, 0.3) is 0 Å². The average Bonchev–Trinajstić information content (AvgIpc) is 2.73. The number of carbonyl (C=O) groups is 1. The van der Waals surface area contributed by atoms with Gasteiger partial charge in [0.1, 0.15) is 0 Å². The van der Waals surface area contributed by atoms with Gasteiger partial charge in [-0.2, -0.15) is 5.10 Å². The summed E-state index contributed by atoms with van der Waals surface area (Å²) >= 11 is 6.32. The van der Waals surface area contributed by atoms with Crippen molar-refractivity contribution in [3.05, 3.63) is 47.0 Å². The van der Waals surface area contributed by atoms with E-state index in [1.54, 1.807) is 30.3 Å². The quantitative estimate of drug-likeness (QED) is 0.463. The van der Waals surface area contributed by atoms with E-state index in [4.69, 9.17) is 30.5 Å². The molecule has 0 aliphatic rings. The second kappa shape index (κ2) is 11.2. The van der Waals surface area contributed by atoms with Crippen molar-refractivity contribution in [2.24, 2.45) is 5.10 Å². The van der Waals surface area contributed by atoms with Gasteiger partial charge in [0.05, 0.1) is 31.6 Å². The molecule has 1 N–H and O–H groups in total. The number of nitrogens with one attached hydrogen (secondary N) is 1. The fraction of sp³-hybridized carbons (Fsp3) is 0.333. The molecule has 2 aromatic rings. The van der Waals surface area contributed by atoms with Gasteiger partial charge < -0.3 is 18.9 Å². The third-order valence-corrected chi connectivity index (χ3v) is 4.26. The Kier molecular flexibility index (Phi) is 8.61. The van der Waals surface area contributed by atoms with Gasteiger partial charge >= 0.3 is 0 Å². The van der Waals surface area contributed by atoms with E-state index in [1.165, 1.54) is 20.4 Å². The highest BCUT2D eigenvalue weighted by Crippen LogP contribution is 2.37. The van der Waals surface area contributed by atoms with E-state index in [0.717, 1.165) is 6.42 Å². The number of nitrogens with zero attached hydrogens (tertiary/aromatic N) is 1. The van der Waals surface area contributed by atoms with E-state index in [9.17, 15) is 4.79 Å². The first-order chi connectivity index (χ1) is 14.0. The Morgan fingerprint density at radius 2 is 1.86 bits per heavy atom. The number of hydrogen-bond donors (Lipinski definition) is 1. The van der Waals surface area contributed by atoms with Crippen LogP contribution in [-0.4, -0.2) is 39.1 Å². The van der Waals surface area contributed by atoms with Crippen molar-refractivity contribution < 1.29 is 23.7 Å². The zero-order valence-corrected chi connectivity index (χ0v) is 17.7. The molecule has 29 heavy (non-hydrogen) atoms. The Morgan fingerprint density at radius 1 is 1.17 bits per heavy atom. The molecule has 156 valence electrons. The Labute approximate surface area is 175 Å². The topological polar surface area (TPSA) is 78.4 Å². The second-order valence-corrected chi connectivity index (χ2v) is 6.51. The maximum Gasteiger partial charge on any atom is 0.277 e. The monoisotopic (exact) mass is 420 g/mol. The van der Waals surface area contributed by atoms with Crippen LogP contribution >= 0.6 is 11.6 Å². The van der Waals surface area contributed by atoms with Gasteiger partial charge in [-0.1, -0.05) is 30.7 Å². The molecule has 1 atom stereocenters. The van der Waals surface area contributed by atoms with Crippen LogP contribution in [0.3, 0.4) is 0 Å². The van der Waals surface area contributed by atoms with Gasteiger partial charge in [-0.25, -0.2) is 5.43 Å². The fourth-order valence-electron chi connectivity index (χ4n) is 2.31. The molecule has 0 bridgehead atoms. The van der Waals surface area contributed by atoms with Gasteiger partial charge in [0.2, 0.25) is 0 Å². The summed E-state index contributed by atoms with van der Waals surface area (Å²) < 4.78 is 21.8. The van der Waals surface area contributed by atoms with Gasteiger partial charge in [0.25, 0.3) is 5.91 Å². The molecule has 0 saturated heterocycles. The van der Waals surface area contributed by atoms with E-state index < -0.39 is 5.91 Å². The summed E-state index contributed by atoms with van der Waals surface area (Å²) in [6, 6.07) is 10.5. The molecule has 0 heterocycles. The predicted molar refractivity (Wildman–Crippen MR) is 113 cm³/mol. The van der Waals surface area contributed by atoms with Gasteiger partial charge in [-0.05, 0) is 43.2 Å². The number of hydrazone groups is 1. The van der Waals surface area contributed by atoms with Gasteiger partial charge in [0.15, 0.2) is 29.6 Å².